The Morgan fingerprint density at radius 3 is 2.75 bits per heavy atom. The van der Waals surface area contributed by atoms with E-state index in [1.807, 2.05) is 0 Å². The van der Waals surface area contributed by atoms with Crippen molar-refractivity contribution in [3.8, 4) is 0 Å². The first-order valence-corrected chi connectivity index (χ1v) is 8.05. The van der Waals surface area contributed by atoms with E-state index in [2.05, 4.69) is 31.0 Å². The number of carbonyl (C=O) groups excluding carboxylic acids is 1. The molecule has 1 aliphatic carbocycles. The summed E-state index contributed by atoms with van der Waals surface area (Å²) in [6.45, 7) is 7.11. The smallest absolute Gasteiger partial charge is 0.317 e. The van der Waals surface area contributed by atoms with Crippen LogP contribution in [0.5, 0.6) is 0 Å². The maximum absolute atomic E-state index is 12.5. The van der Waals surface area contributed by atoms with Gasteiger partial charge >= 0.3 is 6.03 Å². The lowest BCUT2D eigenvalue weighted by atomic mass is 9.85. The largest absolute Gasteiger partial charge is 0.379 e. The van der Waals surface area contributed by atoms with E-state index in [-0.39, 0.29) is 17.7 Å². The fourth-order valence-electron chi connectivity index (χ4n) is 3.82. The van der Waals surface area contributed by atoms with Gasteiger partial charge in [-0.05, 0) is 52.4 Å². The molecule has 1 saturated heterocycles. The first kappa shape index (κ1) is 15.6. The highest BCUT2D eigenvalue weighted by Crippen LogP contribution is 2.36. The van der Waals surface area contributed by atoms with Crippen LogP contribution in [0.1, 0.15) is 59.3 Å². The second-order valence-corrected chi connectivity index (χ2v) is 7.11. The summed E-state index contributed by atoms with van der Waals surface area (Å²) in [4.78, 5) is 14.5. The standard InChI is InChI=1S/C16H30N2O2/c1-12(11-16(2,3)20-4)17-15(19)18-10-9-13-7-5-6-8-14(13)18/h12-14H,5-11H2,1-4H3,(H,17,19)/t12-,13-,14-/m0/s1. The van der Waals surface area contributed by atoms with Crippen molar-refractivity contribution < 1.29 is 9.53 Å². The summed E-state index contributed by atoms with van der Waals surface area (Å²) in [5.74, 6) is 0.750. The first-order valence-electron chi connectivity index (χ1n) is 8.05. The molecule has 0 aromatic rings. The van der Waals surface area contributed by atoms with Crippen LogP contribution in [0.4, 0.5) is 4.79 Å². The number of nitrogens with one attached hydrogen (secondary N) is 1. The van der Waals surface area contributed by atoms with E-state index in [1.54, 1.807) is 7.11 Å². The van der Waals surface area contributed by atoms with E-state index >= 15 is 0 Å². The molecular formula is C16H30N2O2. The minimum Gasteiger partial charge on any atom is -0.379 e. The second kappa shape index (κ2) is 6.33. The van der Waals surface area contributed by atoms with Crippen molar-refractivity contribution in [3.63, 3.8) is 0 Å². The predicted molar refractivity (Wildman–Crippen MR) is 80.8 cm³/mol. The number of nitrogens with zero attached hydrogens (tertiary/aromatic N) is 1. The average Bonchev–Trinajstić information content (AvgIpc) is 2.81. The van der Waals surface area contributed by atoms with Crippen molar-refractivity contribution in [1.82, 2.24) is 10.2 Å². The van der Waals surface area contributed by atoms with Gasteiger partial charge in [-0.2, -0.15) is 0 Å². The maximum atomic E-state index is 12.5. The average molecular weight is 282 g/mol. The van der Waals surface area contributed by atoms with Gasteiger partial charge in [0.2, 0.25) is 0 Å². The number of carbonyl (C=O) groups is 1. The molecule has 4 nitrogen and oxygen atoms in total. The number of hydrogen-bond acceptors (Lipinski definition) is 2. The molecular weight excluding hydrogens is 252 g/mol. The van der Waals surface area contributed by atoms with Crippen LogP contribution in [0.3, 0.4) is 0 Å². The summed E-state index contributed by atoms with van der Waals surface area (Å²) in [6.07, 6.45) is 7.14. The summed E-state index contributed by atoms with van der Waals surface area (Å²) >= 11 is 0. The zero-order valence-electron chi connectivity index (χ0n) is 13.4. The van der Waals surface area contributed by atoms with Crippen molar-refractivity contribution in [1.29, 1.82) is 0 Å². The van der Waals surface area contributed by atoms with E-state index in [9.17, 15) is 4.79 Å². The van der Waals surface area contributed by atoms with Crippen molar-refractivity contribution >= 4 is 6.03 Å². The zero-order chi connectivity index (χ0) is 14.8. The lowest BCUT2D eigenvalue weighted by molar-refractivity contribution is 0.00904. The summed E-state index contributed by atoms with van der Waals surface area (Å²) in [5, 5.41) is 3.15. The molecule has 0 spiro atoms. The van der Waals surface area contributed by atoms with Crippen LogP contribution < -0.4 is 5.32 Å². The summed E-state index contributed by atoms with van der Waals surface area (Å²) < 4.78 is 5.44. The Hall–Kier alpha value is -0.770. The monoisotopic (exact) mass is 282 g/mol. The number of hydrogen-bond donors (Lipinski definition) is 1. The highest BCUT2D eigenvalue weighted by molar-refractivity contribution is 5.75. The topological polar surface area (TPSA) is 41.6 Å². The molecule has 4 heteroatoms. The fourth-order valence-corrected chi connectivity index (χ4v) is 3.82. The third-order valence-corrected chi connectivity index (χ3v) is 4.99. The quantitative estimate of drug-likeness (QED) is 0.860. The van der Waals surface area contributed by atoms with Gasteiger partial charge in [-0.3, -0.25) is 0 Å². The van der Waals surface area contributed by atoms with E-state index in [4.69, 9.17) is 4.74 Å². The Kier molecular flexibility index (Phi) is 4.95. The van der Waals surface area contributed by atoms with Crippen LogP contribution in [0.25, 0.3) is 0 Å². The van der Waals surface area contributed by atoms with Gasteiger partial charge in [0.15, 0.2) is 0 Å². The van der Waals surface area contributed by atoms with Gasteiger partial charge in [-0.1, -0.05) is 12.8 Å². The molecule has 1 heterocycles. The number of amides is 2. The second-order valence-electron chi connectivity index (χ2n) is 7.11. The van der Waals surface area contributed by atoms with Crippen LogP contribution in [-0.4, -0.2) is 42.3 Å². The van der Waals surface area contributed by atoms with Crippen molar-refractivity contribution in [3.05, 3.63) is 0 Å². The maximum Gasteiger partial charge on any atom is 0.317 e. The number of methoxy groups -OCH3 is 1. The lowest BCUT2D eigenvalue weighted by Crippen LogP contribution is -2.49. The van der Waals surface area contributed by atoms with Crippen molar-refractivity contribution in [2.45, 2.75) is 77.0 Å². The molecule has 1 saturated carbocycles. The SMILES string of the molecule is COC(C)(C)C[C@H](C)NC(=O)N1CC[C@@H]2CCCC[C@@H]21. The van der Waals surface area contributed by atoms with E-state index in [1.165, 1.54) is 32.1 Å². The molecule has 2 fully saturated rings. The summed E-state index contributed by atoms with van der Waals surface area (Å²) in [7, 11) is 1.72. The minimum absolute atomic E-state index is 0.124. The Bertz CT molecular complexity index is 343. The van der Waals surface area contributed by atoms with Crippen molar-refractivity contribution in [2.24, 2.45) is 5.92 Å². The molecule has 1 aliphatic heterocycles. The molecule has 1 N–H and O–H groups in total. The molecule has 20 heavy (non-hydrogen) atoms. The number of ether oxygens (including phenoxy) is 1. The fraction of sp³-hybridized carbons (Fsp3) is 0.938. The van der Waals surface area contributed by atoms with Crippen molar-refractivity contribution in [2.75, 3.05) is 13.7 Å². The molecule has 2 rings (SSSR count). The lowest BCUT2D eigenvalue weighted by Gasteiger charge is -2.33. The first-order chi connectivity index (χ1) is 9.43. The number of rotatable bonds is 4. The number of likely N-dealkylation sites (tertiary alicyclic amines) is 1. The Morgan fingerprint density at radius 1 is 1.35 bits per heavy atom. The molecule has 0 bridgehead atoms. The Morgan fingerprint density at radius 2 is 2.05 bits per heavy atom. The molecule has 0 radical (unpaired) electrons. The molecule has 116 valence electrons. The minimum atomic E-state index is -0.189. The molecule has 0 aromatic carbocycles. The molecule has 2 amide bonds. The Labute approximate surface area is 123 Å². The molecule has 0 unspecified atom stereocenters. The van der Waals surface area contributed by atoms with Crippen LogP contribution in [0.15, 0.2) is 0 Å². The third-order valence-electron chi connectivity index (χ3n) is 4.99. The normalized spacial score (nSPS) is 28.1. The molecule has 2 aliphatic rings. The van der Waals surface area contributed by atoms with Crippen LogP contribution >= 0.6 is 0 Å². The van der Waals surface area contributed by atoms with E-state index in [0.29, 0.717) is 6.04 Å². The summed E-state index contributed by atoms with van der Waals surface area (Å²) in [6, 6.07) is 0.755. The molecule has 3 atom stereocenters. The van der Waals surface area contributed by atoms with Gasteiger partial charge in [-0.25, -0.2) is 4.79 Å². The van der Waals surface area contributed by atoms with E-state index in [0.717, 1.165) is 18.9 Å². The van der Waals surface area contributed by atoms with Crippen LogP contribution in [-0.2, 0) is 4.74 Å². The van der Waals surface area contributed by atoms with Gasteiger partial charge in [-0.15, -0.1) is 0 Å². The van der Waals surface area contributed by atoms with Crippen LogP contribution in [0.2, 0.25) is 0 Å². The van der Waals surface area contributed by atoms with Crippen LogP contribution in [0, 0.1) is 5.92 Å². The van der Waals surface area contributed by atoms with Gasteiger partial charge in [0, 0.05) is 25.7 Å². The van der Waals surface area contributed by atoms with Gasteiger partial charge < -0.3 is 15.0 Å². The third kappa shape index (κ3) is 3.66. The van der Waals surface area contributed by atoms with Gasteiger partial charge in [0.25, 0.3) is 0 Å². The summed E-state index contributed by atoms with van der Waals surface area (Å²) in [5.41, 5.74) is -0.189. The highest BCUT2D eigenvalue weighted by atomic mass is 16.5. The van der Waals surface area contributed by atoms with Gasteiger partial charge in [0.05, 0.1) is 5.60 Å². The Balaban J connectivity index is 1.85. The molecule has 0 aromatic heterocycles. The highest BCUT2D eigenvalue weighted by Gasteiger charge is 2.38. The zero-order valence-corrected chi connectivity index (χ0v) is 13.4. The van der Waals surface area contributed by atoms with Gasteiger partial charge in [0.1, 0.15) is 0 Å². The van der Waals surface area contributed by atoms with E-state index < -0.39 is 0 Å². The number of fused-ring (bicyclic) bond motifs is 1. The predicted octanol–water partition coefficient (Wildman–Crippen LogP) is 3.16. The number of urea groups is 1.